The summed E-state index contributed by atoms with van der Waals surface area (Å²) in [4.78, 5) is 0. The van der Waals surface area contributed by atoms with Gasteiger partial charge < -0.3 is 5.11 Å². The number of phenolic OH excluding ortho intramolecular Hbond substituents is 1. The van der Waals surface area contributed by atoms with Crippen molar-refractivity contribution >= 4 is 10.9 Å². The van der Waals surface area contributed by atoms with E-state index in [1.54, 1.807) is 6.07 Å². The molecule has 5 nitrogen and oxygen atoms in total. The maximum absolute atomic E-state index is 13.5. The van der Waals surface area contributed by atoms with Gasteiger partial charge in [0.25, 0.3) is 0 Å². The van der Waals surface area contributed by atoms with E-state index in [0.717, 1.165) is 16.6 Å². The van der Waals surface area contributed by atoms with Crippen LogP contribution in [0.25, 0.3) is 22.2 Å². The van der Waals surface area contributed by atoms with Gasteiger partial charge >= 0.3 is 0 Å². The van der Waals surface area contributed by atoms with Crippen LogP contribution >= 0.6 is 0 Å². The Bertz CT molecular complexity index is 1030. The predicted molar refractivity (Wildman–Crippen MR) is 89.3 cm³/mol. The second-order valence-electron chi connectivity index (χ2n) is 5.80. The monoisotopic (exact) mass is 322 g/mol. The molecule has 0 radical (unpaired) electrons. The topological polar surface area (TPSA) is 77.6 Å². The van der Waals surface area contributed by atoms with Crippen molar-refractivity contribution in [3.8, 4) is 17.0 Å². The standard InChI is InChI=1S/C18H15FN4O/c1-10-11(2-4-16-14(10)9-20-22-16)6-13-8-17(23-21-13)12-3-5-18(24)15(19)7-12/h2-5,7-9,24H,6H2,1H3,(H,20,22)(H,21,23). The van der Waals surface area contributed by atoms with Crippen LogP contribution in [0.3, 0.4) is 0 Å². The second-order valence-corrected chi connectivity index (χ2v) is 5.80. The lowest BCUT2D eigenvalue weighted by Gasteiger charge is -2.05. The fraction of sp³-hybridized carbons (Fsp3) is 0.111. The van der Waals surface area contributed by atoms with Crippen molar-refractivity contribution in [2.75, 3.05) is 0 Å². The molecular weight excluding hydrogens is 307 g/mol. The zero-order valence-corrected chi connectivity index (χ0v) is 13.0. The molecule has 0 aliphatic carbocycles. The van der Waals surface area contributed by atoms with Crippen molar-refractivity contribution in [1.82, 2.24) is 20.4 Å². The molecule has 2 aromatic carbocycles. The van der Waals surface area contributed by atoms with Crippen molar-refractivity contribution in [1.29, 1.82) is 0 Å². The number of aromatic hydroxyl groups is 1. The third kappa shape index (κ3) is 2.42. The molecule has 0 saturated carbocycles. The minimum absolute atomic E-state index is 0.362. The molecular formula is C18H15FN4O. The SMILES string of the molecule is Cc1c(Cc2cc(-c3ccc(O)c(F)c3)n[nH]2)ccc2[nH]ncc12. The number of H-pyrrole nitrogens is 2. The molecule has 24 heavy (non-hydrogen) atoms. The summed E-state index contributed by atoms with van der Waals surface area (Å²) in [6.07, 6.45) is 2.52. The van der Waals surface area contributed by atoms with E-state index in [9.17, 15) is 9.50 Å². The summed E-state index contributed by atoms with van der Waals surface area (Å²) in [5.74, 6) is -1.02. The van der Waals surface area contributed by atoms with Gasteiger partial charge in [0.05, 0.1) is 17.4 Å². The van der Waals surface area contributed by atoms with Crippen LogP contribution in [0.4, 0.5) is 4.39 Å². The molecule has 0 aliphatic heterocycles. The largest absolute Gasteiger partial charge is 0.505 e. The molecule has 0 saturated heterocycles. The van der Waals surface area contributed by atoms with Crippen molar-refractivity contribution in [3.63, 3.8) is 0 Å². The lowest BCUT2D eigenvalue weighted by molar-refractivity contribution is 0.432. The summed E-state index contributed by atoms with van der Waals surface area (Å²) in [5.41, 5.74) is 5.57. The maximum Gasteiger partial charge on any atom is 0.165 e. The summed E-state index contributed by atoms with van der Waals surface area (Å²) in [7, 11) is 0. The number of nitrogens with zero attached hydrogens (tertiary/aromatic N) is 2. The molecule has 0 amide bonds. The van der Waals surface area contributed by atoms with Crippen molar-refractivity contribution in [3.05, 3.63) is 65.2 Å². The Kier molecular flexibility index (Phi) is 3.30. The fourth-order valence-corrected chi connectivity index (χ4v) is 2.87. The number of nitrogens with one attached hydrogen (secondary N) is 2. The molecule has 4 aromatic rings. The molecule has 0 spiro atoms. The molecule has 4 rings (SSSR count). The minimum atomic E-state index is -0.654. The summed E-state index contributed by atoms with van der Waals surface area (Å²) >= 11 is 0. The Balaban J connectivity index is 1.64. The van der Waals surface area contributed by atoms with Gasteiger partial charge in [0.15, 0.2) is 11.6 Å². The summed E-state index contributed by atoms with van der Waals surface area (Å²) < 4.78 is 13.5. The van der Waals surface area contributed by atoms with E-state index in [0.29, 0.717) is 17.7 Å². The Hall–Kier alpha value is -3.15. The molecule has 0 bridgehead atoms. The fourth-order valence-electron chi connectivity index (χ4n) is 2.87. The molecule has 0 atom stereocenters. The highest BCUT2D eigenvalue weighted by atomic mass is 19.1. The quantitative estimate of drug-likeness (QED) is 0.538. The number of phenols is 1. The number of halogens is 1. The third-order valence-electron chi connectivity index (χ3n) is 4.26. The summed E-state index contributed by atoms with van der Waals surface area (Å²) in [5, 5.41) is 24.7. The van der Waals surface area contributed by atoms with Crippen LogP contribution in [-0.2, 0) is 6.42 Å². The van der Waals surface area contributed by atoms with Crippen LogP contribution in [0.5, 0.6) is 5.75 Å². The van der Waals surface area contributed by atoms with E-state index in [4.69, 9.17) is 0 Å². The number of aromatic amines is 2. The van der Waals surface area contributed by atoms with Gasteiger partial charge in [-0.05, 0) is 48.4 Å². The molecule has 0 aliphatic rings. The number of benzene rings is 2. The van der Waals surface area contributed by atoms with Crippen LogP contribution in [0.1, 0.15) is 16.8 Å². The van der Waals surface area contributed by atoms with Gasteiger partial charge in [-0.2, -0.15) is 10.2 Å². The van der Waals surface area contributed by atoms with Gasteiger partial charge in [0, 0.05) is 23.1 Å². The predicted octanol–water partition coefficient (Wildman–Crippen LogP) is 3.70. The Morgan fingerprint density at radius 1 is 1.12 bits per heavy atom. The Morgan fingerprint density at radius 2 is 2.00 bits per heavy atom. The highest BCUT2D eigenvalue weighted by Crippen LogP contribution is 2.26. The molecule has 0 fully saturated rings. The Morgan fingerprint density at radius 3 is 2.83 bits per heavy atom. The highest BCUT2D eigenvalue weighted by molar-refractivity contribution is 5.82. The van der Waals surface area contributed by atoms with Gasteiger partial charge in [-0.1, -0.05) is 6.07 Å². The average molecular weight is 322 g/mol. The van der Waals surface area contributed by atoms with E-state index < -0.39 is 5.82 Å². The average Bonchev–Trinajstić information content (AvgIpc) is 3.22. The van der Waals surface area contributed by atoms with Gasteiger partial charge in [-0.15, -0.1) is 0 Å². The smallest absolute Gasteiger partial charge is 0.165 e. The van der Waals surface area contributed by atoms with Crippen LogP contribution in [0.15, 0.2) is 42.6 Å². The number of rotatable bonds is 3. The molecule has 2 heterocycles. The lowest BCUT2D eigenvalue weighted by Crippen LogP contribution is -1.92. The van der Waals surface area contributed by atoms with Gasteiger partial charge in [-0.3, -0.25) is 10.2 Å². The first kappa shape index (κ1) is 14.4. The molecule has 120 valence electrons. The zero-order chi connectivity index (χ0) is 16.7. The second kappa shape index (κ2) is 5.49. The number of aromatic nitrogens is 4. The number of hydrogen-bond donors (Lipinski definition) is 3. The van der Waals surface area contributed by atoms with E-state index in [1.807, 2.05) is 18.3 Å². The molecule has 2 aromatic heterocycles. The number of aryl methyl sites for hydroxylation is 1. The van der Waals surface area contributed by atoms with Crippen LogP contribution < -0.4 is 0 Å². The first-order valence-corrected chi connectivity index (χ1v) is 7.56. The van der Waals surface area contributed by atoms with Crippen LogP contribution in [0, 0.1) is 12.7 Å². The maximum atomic E-state index is 13.5. The van der Waals surface area contributed by atoms with Gasteiger partial charge in [-0.25, -0.2) is 4.39 Å². The van der Waals surface area contributed by atoms with Crippen molar-refractivity contribution < 1.29 is 9.50 Å². The third-order valence-corrected chi connectivity index (χ3v) is 4.26. The first-order valence-electron chi connectivity index (χ1n) is 7.56. The number of hydrogen-bond acceptors (Lipinski definition) is 3. The van der Waals surface area contributed by atoms with Crippen LogP contribution in [-0.4, -0.2) is 25.5 Å². The van der Waals surface area contributed by atoms with Crippen LogP contribution in [0.2, 0.25) is 0 Å². The number of fused-ring (bicyclic) bond motifs is 1. The Labute approximate surface area is 137 Å². The van der Waals surface area contributed by atoms with Crippen molar-refractivity contribution in [2.45, 2.75) is 13.3 Å². The minimum Gasteiger partial charge on any atom is -0.505 e. The van der Waals surface area contributed by atoms with E-state index >= 15 is 0 Å². The highest BCUT2D eigenvalue weighted by Gasteiger charge is 2.10. The van der Waals surface area contributed by atoms with E-state index in [1.165, 1.54) is 23.3 Å². The van der Waals surface area contributed by atoms with Crippen molar-refractivity contribution in [2.24, 2.45) is 0 Å². The van der Waals surface area contributed by atoms with E-state index in [2.05, 4.69) is 33.4 Å². The van der Waals surface area contributed by atoms with E-state index in [-0.39, 0.29) is 5.75 Å². The zero-order valence-electron chi connectivity index (χ0n) is 13.0. The first-order chi connectivity index (χ1) is 11.6. The molecule has 3 N–H and O–H groups in total. The summed E-state index contributed by atoms with van der Waals surface area (Å²) in [6, 6.07) is 10.2. The van der Waals surface area contributed by atoms with Gasteiger partial charge in [0.1, 0.15) is 0 Å². The lowest BCUT2D eigenvalue weighted by atomic mass is 10.0. The normalized spacial score (nSPS) is 11.2. The van der Waals surface area contributed by atoms with Gasteiger partial charge in [0.2, 0.25) is 0 Å². The molecule has 0 unspecified atom stereocenters. The summed E-state index contributed by atoms with van der Waals surface area (Å²) in [6.45, 7) is 2.07. The molecule has 6 heteroatoms.